The van der Waals surface area contributed by atoms with Gasteiger partial charge in [0.2, 0.25) is 0 Å². The molecular formula is C18H19N4O4S-. The molecule has 0 saturated carbocycles. The van der Waals surface area contributed by atoms with Crippen LogP contribution in [-0.4, -0.2) is 61.5 Å². The largest absolute Gasteiger partial charge is 0.755 e. The Morgan fingerprint density at radius 1 is 0.963 bits per heavy atom. The summed E-state index contributed by atoms with van der Waals surface area (Å²) in [5, 5.41) is 0. The second-order valence-electron chi connectivity index (χ2n) is 6.07. The Bertz CT molecular complexity index is 829. The van der Waals surface area contributed by atoms with Gasteiger partial charge in [-0.3, -0.25) is 18.8 Å². The van der Waals surface area contributed by atoms with Crippen LogP contribution in [0.4, 0.5) is 5.69 Å². The molecule has 0 bridgehead atoms. The van der Waals surface area contributed by atoms with E-state index in [0.29, 0.717) is 49.5 Å². The number of hydrogen-bond acceptors (Lipinski definition) is 5. The third-order valence-corrected chi connectivity index (χ3v) is 4.69. The predicted molar refractivity (Wildman–Crippen MR) is 99.6 cm³/mol. The predicted octanol–water partition coefficient (Wildman–Crippen LogP) is 1.28. The van der Waals surface area contributed by atoms with Crippen LogP contribution in [0.5, 0.6) is 0 Å². The summed E-state index contributed by atoms with van der Waals surface area (Å²) in [6.45, 7) is 1.99. The molecule has 1 aromatic heterocycles. The quantitative estimate of drug-likeness (QED) is 0.796. The summed E-state index contributed by atoms with van der Waals surface area (Å²) in [4.78, 5) is 32.7. The molecule has 1 fully saturated rings. The van der Waals surface area contributed by atoms with Gasteiger partial charge in [0.05, 0.1) is 0 Å². The fourth-order valence-corrected chi connectivity index (χ4v) is 3.26. The van der Waals surface area contributed by atoms with Gasteiger partial charge in [-0.2, -0.15) is 0 Å². The molecule has 1 aromatic carbocycles. The summed E-state index contributed by atoms with van der Waals surface area (Å²) < 4.78 is 23.5. The van der Waals surface area contributed by atoms with Crippen LogP contribution in [0.3, 0.4) is 0 Å². The lowest BCUT2D eigenvalue weighted by Crippen LogP contribution is -2.37. The number of hydrogen-bond donors (Lipinski definition) is 1. The molecule has 0 spiro atoms. The van der Waals surface area contributed by atoms with Crippen LogP contribution < -0.4 is 4.72 Å². The van der Waals surface area contributed by atoms with E-state index in [2.05, 4.69) is 9.71 Å². The number of carbonyl (C=O) groups excluding carboxylic acids is 2. The lowest BCUT2D eigenvalue weighted by Gasteiger charge is -2.22. The van der Waals surface area contributed by atoms with Crippen molar-refractivity contribution < 1.29 is 18.4 Å². The van der Waals surface area contributed by atoms with Gasteiger partial charge in [0.1, 0.15) is 5.69 Å². The summed E-state index contributed by atoms with van der Waals surface area (Å²) in [5.41, 5.74) is 1.26. The molecule has 1 aliphatic heterocycles. The van der Waals surface area contributed by atoms with Gasteiger partial charge in [0, 0.05) is 54.9 Å². The Hall–Kier alpha value is -2.78. The van der Waals surface area contributed by atoms with Crippen molar-refractivity contribution in [1.29, 1.82) is 0 Å². The molecule has 2 amide bonds. The number of nitrogens with zero attached hydrogens (tertiary/aromatic N) is 3. The maximum Gasteiger partial charge on any atom is 0.272 e. The van der Waals surface area contributed by atoms with E-state index in [1.807, 2.05) is 0 Å². The minimum absolute atomic E-state index is 0.133. The third kappa shape index (κ3) is 4.89. The smallest absolute Gasteiger partial charge is 0.272 e. The zero-order chi connectivity index (χ0) is 19.2. The highest BCUT2D eigenvalue weighted by Gasteiger charge is 2.24. The zero-order valence-electron chi connectivity index (χ0n) is 14.5. The van der Waals surface area contributed by atoms with Gasteiger partial charge in [-0.05, 0) is 42.8 Å². The highest BCUT2D eigenvalue weighted by Crippen LogP contribution is 2.14. The molecule has 1 atom stereocenters. The molecular weight excluding hydrogens is 368 g/mol. The van der Waals surface area contributed by atoms with Crippen LogP contribution in [0.15, 0.2) is 48.7 Å². The van der Waals surface area contributed by atoms with Gasteiger partial charge in [-0.25, -0.2) is 0 Å². The summed E-state index contributed by atoms with van der Waals surface area (Å²) in [6.07, 6.45) is 2.26. The van der Waals surface area contributed by atoms with E-state index in [-0.39, 0.29) is 11.8 Å². The monoisotopic (exact) mass is 387 g/mol. The Morgan fingerprint density at radius 2 is 1.63 bits per heavy atom. The highest BCUT2D eigenvalue weighted by molar-refractivity contribution is 7.80. The zero-order valence-corrected chi connectivity index (χ0v) is 15.4. The van der Waals surface area contributed by atoms with E-state index >= 15 is 0 Å². The highest BCUT2D eigenvalue weighted by atomic mass is 32.2. The molecule has 27 heavy (non-hydrogen) atoms. The van der Waals surface area contributed by atoms with Crippen molar-refractivity contribution in [2.24, 2.45) is 0 Å². The van der Waals surface area contributed by atoms with E-state index in [0.717, 1.165) is 0 Å². The number of rotatable bonds is 4. The second-order valence-corrected chi connectivity index (χ2v) is 6.74. The molecule has 142 valence electrons. The Kier molecular flexibility index (Phi) is 6.15. The summed E-state index contributed by atoms with van der Waals surface area (Å²) in [7, 11) is 0. The van der Waals surface area contributed by atoms with Gasteiger partial charge in [-0.15, -0.1) is 0 Å². The van der Waals surface area contributed by atoms with Gasteiger partial charge in [-0.1, -0.05) is 6.07 Å². The Balaban J connectivity index is 1.62. The van der Waals surface area contributed by atoms with Crippen LogP contribution in [0.2, 0.25) is 0 Å². The average molecular weight is 387 g/mol. The molecule has 1 N–H and O–H groups in total. The number of nitrogens with one attached hydrogen (secondary N) is 1. The second kappa shape index (κ2) is 8.74. The fraction of sp³-hybridized carbons (Fsp3) is 0.278. The van der Waals surface area contributed by atoms with E-state index in [1.54, 1.807) is 46.3 Å². The molecule has 0 aliphatic carbocycles. The van der Waals surface area contributed by atoms with Crippen LogP contribution in [0.25, 0.3) is 0 Å². The molecule has 8 nitrogen and oxygen atoms in total. The fourth-order valence-electron chi connectivity index (χ4n) is 2.93. The summed E-state index contributed by atoms with van der Waals surface area (Å²) in [5.74, 6) is -0.275. The van der Waals surface area contributed by atoms with Crippen molar-refractivity contribution in [1.82, 2.24) is 14.8 Å². The summed E-state index contributed by atoms with van der Waals surface area (Å²) >= 11 is -2.40. The Labute approximate surface area is 159 Å². The van der Waals surface area contributed by atoms with Crippen molar-refractivity contribution in [3.63, 3.8) is 0 Å². The van der Waals surface area contributed by atoms with Crippen molar-refractivity contribution >= 4 is 28.8 Å². The van der Waals surface area contributed by atoms with Crippen LogP contribution >= 0.6 is 0 Å². The molecule has 1 saturated heterocycles. The number of carbonyl (C=O) groups is 2. The topological polar surface area (TPSA) is 106 Å². The van der Waals surface area contributed by atoms with E-state index < -0.39 is 11.3 Å². The van der Waals surface area contributed by atoms with Crippen LogP contribution in [-0.2, 0) is 11.3 Å². The van der Waals surface area contributed by atoms with Gasteiger partial charge in [0.15, 0.2) is 0 Å². The summed E-state index contributed by atoms with van der Waals surface area (Å²) in [6, 6.07) is 11.5. The first-order valence-electron chi connectivity index (χ1n) is 8.50. The van der Waals surface area contributed by atoms with E-state index in [4.69, 9.17) is 0 Å². The van der Waals surface area contributed by atoms with Crippen molar-refractivity contribution in [2.75, 3.05) is 30.9 Å². The average Bonchev–Trinajstić information content (AvgIpc) is 2.94. The number of pyridine rings is 1. The maximum absolute atomic E-state index is 12.7. The van der Waals surface area contributed by atoms with Gasteiger partial charge in [0.25, 0.3) is 11.8 Å². The first kappa shape index (κ1) is 19.0. The van der Waals surface area contributed by atoms with Crippen molar-refractivity contribution in [2.45, 2.75) is 6.42 Å². The molecule has 3 rings (SSSR count). The Morgan fingerprint density at radius 3 is 2.22 bits per heavy atom. The maximum atomic E-state index is 12.7. The normalized spacial score (nSPS) is 15.7. The third-order valence-electron chi connectivity index (χ3n) is 4.29. The molecule has 2 heterocycles. The van der Waals surface area contributed by atoms with E-state index in [9.17, 15) is 18.4 Å². The van der Waals surface area contributed by atoms with Crippen molar-refractivity contribution in [3.05, 3.63) is 59.9 Å². The number of aromatic nitrogens is 1. The molecule has 1 unspecified atom stereocenters. The standard InChI is InChI=1S/C18H20N4O4S/c23-17(14-5-7-15(8-6-14)20-27(25)26)21-10-3-11-22(13-12-21)18(24)16-4-1-2-9-19-16/h1-2,4-9,20H,3,10-13H2,(H,25,26)/p-1. The van der Waals surface area contributed by atoms with Crippen molar-refractivity contribution in [3.8, 4) is 0 Å². The number of benzene rings is 1. The minimum Gasteiger partial charge on any atom is -0.755 e. The number of anilines is 1. The molecule has 2 aromatic rings. The van der Waals surface area contributed by atoms with Crippen LogP contribution in [0, 0.1) is 0 Å². The van der Waals surface area contributed by atoms with Gasteiger partial charge >= 0.3 is 0 Å². The lowest BCUT2D eigenvalue weighted by molar-refractivity contribution is 0.0715. The van der Waals surface area contributed by atoms with Crippen LogP contribution in [0.1, 0.15) is 27.3 Å². The number of amides is 2. The lowest BCUT2D eigenvalue weighted by atomic mass is 10.2. The SMILES string of the molecule is O=C(c1ccc(NS(=O)[O-])cc1)N1CCCN(C(=O)c2ccccn2)CC1. The van der Waals surface area contributed by atoms with Gasteiger partial charge < -0.3 is 19.1 Å². The molecule has 0 radical (unpaired) electrons. The molecule has 1 aliphatic rings. The minimum atomic E-state index is -2.40. The van der Waals surface area contributed by atoms with E-state index in [1.165, 1.54) is 12.1 Å². The molecule has 9 heteroatoms. The first-order valence-corrected chi connectivity index (χ1v) is 9.57. The first-order chi connectivity index (χ1) is 13.0.